The van der Waals surface area contributed by atoms with Crippen LogP contribution in [0.1, 0.15) is 18.0 Å². The Morgan fingerprint density at radius 1 is 1.00 bits per heavy atom. The molecule has 3 N–H and O–H groups in total. The number of aliphatic carboxylic acids is 1. The van der Waals surface area contributed by atoms with Crippen molar-refractivity contribution >= 4 is 5.97 Å². The third-order valence-electron chi connectivity index (χ3n) is 2.01. The molecule has 0 unspecified atom stereocenters. The van der Waals surface area contributed by atoms with E-state index in [1.807, 2.05) is 0 Å². The molecule has 1 aromatic rings. The second-order valence-corrected chi connectivity index (χ2v) is 3.19. The fourth-order valence-electron chi connectivity index (χ4n) is 1.24. The van der Waals surface area contributed by atoms with Crippen LogP contribution < -0.4 is 5.73 Å². The summed E-state index contributed by atoms with van der Waals surface area (Å²) >= 11 is 0. The van der Waals surface area contributed by atoms with Crippen LogP contribution in [0.3, 0.4) is 0 Å². The summed E-state index contributed by atoms with van der Waals surface area (Å²) in [7, 11) is 0. The molecule has 0 saturated carbocycles. The van der Waals surface area contributed by atoms with Gasteiger partial charge in [-0.3, -0.25) is 4.79 Å². The van der Waals surface area contributed by atoms with Gasteiger partial charge >= 0.3 is 5.97 Å². The number of hydrogen-bond acceptors (Lipinski definition) is 2. The molecule has 8 heteroatoms. The van der Waals surface area contributed by atoms with Crippen LogP contribution in [0.15, 0.2) is 0 Å². The molecule has 0 amide bonds. The molecule has 17 heavy (non-hydrogen) atoms. The number of nitrogens with two attached hydrogens (primary N) is 1. The van der Waals surface area contributed by atoms with E-state index in [1.54, 1.807) is 0 Å². The number of carbonyl (C=O) groups is 1. The van der Waals surface area contributed by atoms with Crippen molar-refractivity contribution in [2.24, 2.45) is 5.73 Å². The van der Waals surface area contributed by atoms with Crippen LogP contribution in [0.5, 0.6) is 0 Å². The molecule has 0 aliphatic heterocycles. The van der Waals surface area contributed by atoms with Gasteiger partial charge < -0.3 is 10.8 Å². The Balaban J connectivity index is 3.38. The van der Waals surface area contributed by atoms with Crippen molar-refractivity contribution in [3.05, 3.63) is 34.6 Å². The maximum Gasteiger partial charge on any atom is 0.305 e. The summed E-state index contributed by atoms with van der Waals surface area (Å²) in [4.78, 5) is 10.3. The highest BCUT2D eigenvalue weighted by Gasteiger charge is 2.29. The van der Waals surface area contributed by atoms with E-state index in [0.717, 1.165) is 0 Å². The molecule has 0 fully saturated rings. The van der Waals surface area contributed by atoms with Gasteiger partial charge in [-0.2, -0.15) is 0 Å². The number of carboxylic acid groups (broad SMARTS) is 1. The molecule has 0 radical (unpaired) electrons. The van der Waals surface area contributed by atoms with E-state index in [0.29, 0.717) is 0 Å². The highest BCUT2D eigenvalue weighted by atomic mass is 19.2. The Bertz CT molecular complexity index is 448. The first-order chi connectivity index (χ1) is 7.77. The third kappa shape index (κ3) is 2.36. The number of rotatable bonds is 3. The maximum absolute atomic E-state index is 13.1. The Labute approximate surface area is 91.6 Å². The van der Waals surface area contributed by atoms with Crippen LogP contribution in [0, 0.1) is 29.1 Å². The second-order valence-electron chi connectivity index (χ2n) is 3.19. The summed E-state index contributed by atoms with van der Waals surface area (Å²) in [6, 6.07) is -1.82. The molecule has 3 nitrogen and oxygen atoms in total. The molecule has 0 heterocycles. The molecular weight excluding hydrogens is 249 g/mol. The quantitative estimate of drug-likeness (QED) is 0.492. The number of halogens is 5. The van der Waals surface area contributed by atoms with Gasteiger partial charge in [-0.25, -0.2) is 22.0 Å². The third-order valence-corrected chi connectivity index (χ3v) is 2.01. The molecule has 1 rings (SSSR count). The van der Waals surface area contributed by atoms with Crippen molar-refractivity contribution in [2.75, 3.05) is 0 Å². The van der Waals surface area contributed by atoms with Crippen molar-refractivity contribution in [1.29, 1.82) is 0 Å². The fourth-order valence-corrected chi connectivity index (χ4v) is 1.24. The standard InChI is InChI=1S/C9H6F5NO2/c10-5-4(2(15)1-3(16)17)6(11)8(13)9(14)7(5)12/h2H,1,15H2,(H,16,17)/t2-/m0/s1. The van der Waals surface area contributed by atoms with Crippen molar-refractivity contribution in [2.45, 2.75) is 12.5 Å². The average molecular weight is 255 g/mol. The lowest BCUT2D eigenvalue weighted by Crippen LogP contribution is -2.20. The van der Waals surface area contributed by atoms with Crippen LogP contribution >= 0.6 is 0 Å². The molecule has 0 saturated heterocycles. The largest absolute Gasteiger partial charge is 0.481 e. The van der Waals surface area contributed by atoms with Crippen molar-refractivity contribution in [1.82, 2.24) is 0 Å². The monoisotopic (exact) mass is 255 g/mol. The van der Waals surface area contributed by atoms with E-state index in [1.165, 1.54) is 0 Å². The Morgan fingerprint density at radius 2 is 1.35 bits per heavy atom. The van der Waals surface area contributed by atoms with Crippen LogP contribution in [-0.2, 0) is 4.79 Å². The van der Waals surface area contributed by atoms with Crippen LogP contribution in [0.2, 0.25) is 0 Å². The summed E-state index contributed by atoms with van der Waals surface area (Å²) in [5, 5.41) is 8.33. The van der Waals surface area contributed by atoms with Gasteiger partial charge in [0.05, 0.1) is 6.42 Å². The van der Waals surface area contributed by atoms with Crippen LogP contribution in [0.25, 0.3) is 0 Å². The zero-order valence-electron chi connectivity index (χ0n) is 8.11. The number of benzene rings is 1. The first-order valence-electron chi connectivity index (χ1n) is 4.26. The Hall–Kier alpha value is -1.70. The first-order valence-corrected chi connectivity index (χ1v) is 4.26. The van der Waals surface area contributed by atoms with E-state index in [2.05, 4.69) is 0 Å². The lowest BCUT2D eigenvalue weighted by Gasteiger charge is -2.13. The molecule has 0 aromatic heterocycles. The molecule has 1 atom stereocenters. The smallest absolute Gasteiger partial charge is 0.305 e. The van der Waals surface area contributed by atoms with E-state index < -0.39 is 53.1 Å². The van der Waals surface area contributed by atoms with Crippen LogP contribution in [0.4, 0.5) is 22.0 Å². The summed E-state index contributed by atoms with van der Waals surface area (Å²) < 4.78 is 64.3. The van der Waals surface area contributed by atoms with Gasteiger partial charge in [0, 0.05) is 11.6 Å². The Kier molecular flexibility index (Phi) is 3.66. The molecular formula is C9H6F5NO2. The predicted octanol–water partition coefficient (Wildman–Crippen LogP) is 1.86. The van der Waals surface area contributed by atoms with Crippen LogP contribution in [-0.4, -0.2) is 11.1 Å². The molecule has 0 bridgehead atoms. The van der Waals surface area contributed by atoms with Gasteiger partial charge in [-0.05, 0) is 0 Å². The summed E-state index contributed by atoms with van der Waals surface area (Å²) in [6.45, 7) is 0. The predicted molar refractivity (Wildman–Crippen MR) is 45.4 cm³/mol. The number of carboxylic acids is 1. The highest BCUT2D eigenvalue weighted by Crippen LogP contribution is 2.27. The minimum Gasteiger partial charge on any atom is -0.481 e. The van der Waals surface area contributed by atoms with Gasteiger partial charge in [0.2, 0.25) is 5.82 Å². The lowest BCUT2D eigenvalue weighted by molar-refractivity contribution is -0.137. The molecule has 0 aliphatic carbocycles. The molecule has 94 valence electrons. The van der Waals surface area contributed by atoms with Gasteiger partial charge in [-0.1, -0.05) is 0 Å². The van der Waals surface area contributed by atoms with E-state index in [-0.39, 0.29) is 0 Å². The van der Waals surface area contributed by atoms with Gasteiger partial charge in [0.15, 0.2) is 23.3 Å². The summed E-state index contributed by atoms with van der Waals surface area (Å²) in [5.74, 6) is -12.4. The molecule has 0 spiro atoms. The van der Waals surface area contributed by atoms with E-state index in [4.69, 9.17) is 10.8 Å². The van der Waals surface area contributed by atoms with Crippen molar-refractivity contribution < 1.29 is 31.9 Å². The number of hydrogen-bond donors (Lipinski definition) is 2. The lowest BCUT2D eigenvalue weighted by atomic mass is 10.0. The van der Waals surface area contributed by atoms with Gasteiger partial charge in [-0.15, -0.1) is 0 Å². The normalized spacial score (nSPS) is 12.6. The van der Waals surface area contributed by atoms with Crippen molar-refractivity contribution in [3.8, 4) is 0 Å². The SMILES string of the molecule is N[C@@H](CC(=O)O)c1c(F)c(F)c(F)c(F)c1F. The minimum absolute atomic E-state index is 0.960. The topological polar surface area (TPSA) is 63.3 Å². The van der Waals surface area contributed by atoms with Gasteiger partial charge in [0.25, 0.3) is 0 Å². The average Bonchev–Trinajstić information content (AvgIpc) is 2.23. The maximum atomic E-state index is 13.1. The van der Waals surface area contributed by atoms with Gasteiger partial charge in [0.1, 0.15) is 0 Å². The van der Waals surface area contributed by atoms with E-state index in [9.17, 15) is 26.7 Å². The summed E-state index contributed by atoms with van der Waals surface area (Å²) in [5.41, 5.74) is 3.74. The zero-order chi connectivity index (χ0) is 13.3. The molecule has 0 aliphatic rings. The molecule has 1 aromatic carbocycles. The zero-order valence-corrected chi connectivity index (χ0v) is 8.11. The Morgan fingerprint density at radius 3 is 1.71 bits per heavy atom. The summed E-state index contributed by atoms with van der Waals surface area (Å²) in [6.07, 6.45) is -0.960. The minimum atomic E-state index is -2.31. The second kappa shape index (κ2) is 4.66. The first kappa shape index (κ1) is 13.4. The van der Waals surface area contributed by atoms with Crippen molar-refractivity contribution in [3.63, 3.8) is 0 Å². The fraction of sp³-hybridized carbons (Fsp3) is 0.222. The highest BCUT2D eigenvalue weighted by molar-refractivity contribution is 5.67. The van der Waals surface area contributed by atoms with E-state index >= 15 is 0 Å².